The minimum Gasteiger partial charge on any atom is -0.466 e. The van der Waals surface area contributed by atoms with Gasteiger partial charge in [0.2, 0.25) is 5.91 Å². The second-order valence-electron chi connectivity index (χ2n) is 29.5. The van der Waals surface area contributed by atoms with Crippen LogP contribution in [0.25, 0.3) is 0 Å². The minimum atomic E-state index is -1.57. The number of allylic oxidation sites excluding steroid dienone is 3. The van der Waals surface area contributed by atoms with Gasteiger partial charge in [0.1, 0.15) is 24.4 Å². The second-order valence-corrected chi connectivity index (χ2v) is 29.5. The maximum Gasteiger partial charge on any atom is 0.305 e. The average Bonchev–Trinajstić information content (AvgIpc) is 0.841. The lowest BCUT2D eigenvalue weighted by molar-refractivity contribution is -0.302. The molecule has 6 N–H and O–H groups in total. The van der Waals surface area contributed by atoms with Crippen molar-refractivity contribution in [3.63, 3.8) is 0 Å². The zero-order chi connectivity index (χ0) is 68.6. The summed E-state index contributed by atoms with van der Waals surface area (Å²) in [5, 5.41) is 54.5. The van der Waals surface area contributed by atoms with E-state index in [0.717, 1.165) is 51.4 Å². The summed E-state index contributed by atoms with van der Waals surface area (Å²) in [5.41, 5.74) is 0. The standard InChI is InChI=1S/C84H161NO10/c1-3-5-7-9-11-13-15-17-43-48-52-56-60-64-68-72-80(89)93-73-69-65-61-57-53-49-45-42-40-38-36-34-32-30-28-26-24-22-20-18-19-21-23-25-27-29-31-33-35-37-39-41-44-47-51-55-59-63-67-71-79(88)85-76(75-94-84-83(92)82(91)81(90)78(74-86)95-84)77(87)70-66-62-58-54-50-46-16-14-12-10-8-6-4-2/h50,54,66,70,76-78,81-84,86-87,90-92H,3-49,51-53,55-65,67-69,71-75H2,1-2H3,(H,85,88)/b54-50+,70-66+. The topological polar surface area (TPSA) is 175 Å². The highest BCUT2D eigenvalue weighted by Crippen LogP contribution is 2.24. The molecule has 11 heteroatoms. The zero-order valence-corrected chi connectivity index (χ0v) is 62.9. The van der Waals surface area contributed by atoms with E-state index in [0.29, 0.717) is 19.4 Å². The monoisotopic (exact) mass is 1340 g/mol. The number of hydrogen-bond acceptors (Lipinski definition) is 10. The van der Waals surface area contributed by atoms with Gasteiger partial charge in [0.05, 0.1) is 32.0 Å². The Balaban J connectivity index is 1.86. The van der Waals surface area contributed by atoms with Gasteiger partial charge in [-0.25, -0.2) is 0 Å². The van der Waals surface area contributed by atoms with Gasteiger partial charge in [-0.2, -0.15) is 0 Å². The molecule has 0 bridgehead atoms. The Labute approximate surface area is 588 Å². The zero-order valence-electron chi connectivity index (χ0n) is 62.9. The molecule has 7 unspecified atom stereocenters. The van der Waals surface area contributed by atoms with Crippen molar-refractivity contribution in [2.24, 2.45) is 0 Å². The van der Waals surface area contributed by atoms with E-state index >= 15 is 0 Å². The molecule has 0 radical (unpaired) electrons. The molecule has 0 aromatic rings. The molecule has 1 rings (SSSR count). The first-order valence-corrected chi connectivity index (χ1v) is 42.1. The quantitative estimate of drug-likeness (QED) is 0.0195. The summed E-state index contributed by atoms with van der Waals surface area (Å²) in [6, 6.07) is -0.823. The largest absolute Gasteiger partial charge is 0.466 e. The van der Waals surface area contributed by atoms with Gasteiger partial charge in [-0.3, -0.25) is 9.59 Å². The fourth-order valence-corrected chi connectivity index (χ4v) is 13.8. The number of carbonyl (C=O) groups excluding carboxylic acids is 2. The number of amides is 1. The van der Waals surface area contributed by atoms with E-state index in [1.54, 1.807) is 6.08 Å². The molecule has 11 nitrogen and oxygen atoms in total. The second kappa shape index (κ2) is 73.4. The summed E-state index contributed by atoms with van der Waals surface area (Å²) >= 11 is 0. The van der Waals surface area contributed by atoms with Crippen molar-refractivity contribution < 1.29 is 49.3 Å². The molecular formula is C84H161NO10. The summed E-state index contributed by atoms with van der Waals surface area (Å²) in [4.78, 5) is 25.2. The molecule has 562 valence electrons. The normalized spacial score (nSPS) is 17.4. The lowest BCUT2D eigenvalue weighted by Crippen LogP contribution is -2.60. The van der Waals surface area contributed by atoms with Crippen LogP contribution in [0.3, 0.4) is 0 Å². The number of rotatable bonds is 76. The minimum absolute atomic E-state index is 0.0221. The fraction of sp³-hybridized carbons (Fsp3) is 0.929. The van der Waals surface area contributed by atoms with Crippen LogP contribution < -0.4 is 5.32 Å². The fourth-order valence-electron chi connectivity index (χ4n) is 13.8. The lowest BCUT2D eigenvalue weighted by Gasteiger charge is -2.40. The lowest BCUT2D eigenvalue weighted by atomic mass is 9.99. The Morgan fingerprint density at radius 1 is 0.379 bits per heavy atom. The van der Waals surface area contributed by atoms with Gasteiger partial charge in [0, 0.05) is 12.8 Å². The van der Waals surface area contributed by atoms with Crippen LogP contribution in [0.4, 0.5) is 0 Å². The van der Waals surface area contributed by atoms with E-state index in [1.807, 2.05) is 6.08 Å². The Bertz CT molecular complexity index is 1630. The van der Waals surface area contributed by atoms with Crippen molar-refractivity contribution in [2.45, 2.75) is 480 Å². The molecule has 0 spiro atoms. The van der Waals surface area contributed by atoms with Crippen molar-refractivity contribution in [1.29, 1.82) is 0 Å². The van der Waals surface area contributed by atoms with Crippen LogP contribution in [0.2, 0.25) is 0 Å². The van der Waals surface area contributed by atoms with E-state index in [9.17, 15) is 35.1 Å². The van der Waals surface area contributed by atoms with Gasteiger partial charge in [0.15, 0.2) is 6.29 Å². The van der Waals surface area contributed by atoms with E-state index < -0.39 is 49.5 Å². The maximum atomic E-state index is 13.1. The van der Waals surface area contributed by atoms with Crippen LogP contribution in [0.1, 0.15) is 438 Å². The SMILES string of the molecule is CCCCCCCCC/C=C/CC/C=C/C(O)C(COC1OC(CO)C(O)C(O)C1O)NC(=O)CCCCCCCCCCCCCCCCCCCCCCCCCCCCCCCCCCCCCCCCCOC(=O)CCCCCCCCCCCCCCCCC. The molecule has 0 aromatic carbocycles. The predicted molar refractivity (Wildman–Crippen MR) is 403 cm³/mol. The van der Waals surface area contributed by atoms with Crippen molar-refractivity contribution in [2.75, 3.05) is 19.8 Å². The molecule has 0 saturated carbocycles. The molecule has 0 aliphatic carbocycles. The van der Waals surface area contributed by atoms with Crippen molar-refractivity contribution in [1.82, 2.24) is 5.32 Å². The molecule has 1 fully saturated rings. The highest BCUT2D eigenvalue weighted by atomic mass is 16.7. The molecule has 1 aliphatic rings. The van der Waals surface area contributed by atoms with E-state index in [1.165, 1.54) is 360 Å². The molecule has 95 heavy (non-hydrogen) atoms. The summed E-state index contributed by atoms with van der Waals surface area (Å²) in [6.07, 6.45) is 85.2. The molecule has 1 heterocycles. The van der Waals surface area contributed by atoms with Crippen LogP contribution >= 0.6 is 0 Å². The molecule has 1 saturated heterocycles. The Hall–Kier alpha value is -1.86. The summed E-state index contributed by atoms with van der Waals surface area (Å²) in [6.45, 7) is 4.39. The Kier molecular flexibility index (Phi) is 70.4. The summed E-state index contributed by atoms with van der Waals surface area (Å²) in [7, 11) is 0. The van der Waals surface area contributed by atoms with Crippen LogP contribution in [0.15, 0.2) is 24.3 Å². The van der Waals surface area contributed by atoms with Crippen LogP contribution in [-0.2, 0) is 23.8 Å². The van der Waals surface area contributed by atoms with Crippen molar-refractivity contribution in [3.8, 4) is 0 Å². The highest BCUT2D eigenvalue weighted by Gasteiger charge is 2.44. The number of esters is 1. The first-order chi connectivity index (χ1) is 46.7. The number of aliphatic hydroxyl groups excluding tert-OH is 5. The number of carbonyl (C=O) groups is 2. The third kappa shape index (κ3) is 61.7. The molecular weight excluding hydrogens is 1180 g/mol. The number of unbranched alkanes of at least 4 members (excludes halogenated alkanes) is 60. The smallest absolute Gasteiger partial charge is 0.305 e. The van der Waals surface area contributed by atoms with Gasteiger partial charge >= 0.3 is 5.97 Å². The third-order valence-electron chi connectivity index (χ3n) is 20.3. The predicted octanol–water partition coefficient (Wildman–Crippen LogP) is 23.1. The first-order valence-electron chi connectivity index (χ1n) is 42.1. The van der Waals surface area contributed by atoms with Crippen LogP contribution in [-0.4, -0.2) is 100 Å². The number of hydrogen-bond donors (Lipinski definition) is 6. The number of nitrogens with one attached hydrogen (secondary N) is 1. The van der Waals surface area contributed by atoms with Gasteiger partial charge in [-0.1, -0.05) is 404 Å². The third-order valence-corrected chi connectivity index (χ3v) is 20.3. The Morgan fingerprint density at radius 3 is 1.04 bits per heavy atom. The maximum absolute atomic E-state index is 13.1. The van der Waals surface area contributed by atoms with Crippen LogP contribution in [0, 0.1) is 0 Å². The summed E-state index contributed by atoms with van der Waals surface area (Å²) in [5.74, 6) is -0.161. The van der Waals surface area contributed by atoms with E-state index in [2.05, 4.69) is 31.3 Å². The molecule has 1 amide bonds. The van der Waals surface area contributed by atoms with Crippen LogP contribution in [0.5, 0.6) is 0 Å². The molecule has 0 aromatic heterocycles. The average molecular weight is 1350 g/mol. The first kappa shape index (κ1) is 91.2. The van der Waals surface area contributed by atoms with Gasteiger partial charge in [-0.05, 0) is 44.9 Å². The van der Waals surface area contributed by atoms with Gasteiger partial charge in [0.25, 0.3) is 0 Å². The van der Waals surface area contributed by atoms with Crippen molar-refractivity contribution in [3.05, 3.63) is 24.3 Å². The van der Waals surface area contributed by atoms with Gasteiger partial charge in [-0.15, -0.1) is 0 Å². The van der Waals surface area contributed by atoms with Crippen molar-refractivity contribution >= 4 is 11.9 Å². The molecule has 1 aliphatic heterocycles. The highest BCUT2D eigenvalue weighted by molar-refractivity contribution is 5.76. The molecule has 7 atom stereocenters. The van der Waals surface area contributed by atoms with E-state index in [4.69, 9.17) is 14.2 Å². The Morgan fingerprint density at radius 2 is 0.684 bits per heavy atom. The summed E-state index contributed by atoms with van der Waals surface area (Å²) < 4.78 is 16.8. The number of ether oxygens (including phenoxy) is 3. The van der Waals surface area contributed by atoms with Gasteiger partial charge < -0.3 is 45.1 Å². The number of aliphatic hydroxyl groups is 5. The van der Waals surface area contributed by atoms with E-state index in [-0.39, 0.29) is 18.5 Å².